The van der Waals surface area contributed by atoms with Crippen LogP contribution in [0.15, 0.2) is 0 Å². The molecule has 0 amide bonds. The molecular formula is C10H16O6Y. The van der Waals surface area contributed by atoms with Crippen molar-refractivity contribution >= 4 is 6.29 Å². The number of aliphatic hydroxyl groups is 2. The summed E-state index contributed by atoms with van der Waals surface area (Å²) in [7, 11) is 0. The largest absolute Gasteiger partial charge is 0.396 e. The minimum Gasteiger partial charge on any atom is -0.396 e. The maximum atomic E-state index is 11.0. The number of ether oxygens (including phenoxy) is 3. The Kier molecular flexibility index (Phi) is 4.86. The van der Waals surface area contributed by atoms with Crippen LogP contribution in [0, 0.1) is 0 Å². The third-order valence-corrected chi connectivity index (χ3v) is 2.94. The number of carbonyl (C=O) groups excluding carboxylic acids is 1. The van der Waals surface area contributed by atoms with Gasteiger partial charge in [0.05, 0.1) is 0 Å². The van der Waals surface area contributed by atoms with Crippen molar-refractivity contribution in [3.8, 4) is 0 Å². The molecular weight excluding hydrogens is 305 g/mol. The molecule has 0 bridgehead atoms. The Morgan fingerprint density at radius 1 is 1.29 bits per heavy atom. The molecule has 0 aromatic rings. The molecule has 0 aromatic carbocycles. The topological polar surface area (TPSA) is 85.2 Å². The first-order valence-electron chi connectivity index (χ1n) is 5.23. The van der Waals surface area contributed by atoms with Gasteiger partial charge in [0, 0.05) is 45.7 Å². The zero-order valence-corrected chi connectivity index (χ0v) is 12.7. The number of hydrogen-bond acceptors (Lipinski definition) is 6. The molecule has 2 N–H and O–H groups in total. The maximum absolute atomic E-state index is 11.0. The summed E-state index contributed by atoms with van der Waals surface area (Å²) in [6.07, 6.45) is -2.04. The van der Waals surface area contributed by atoms with Crippen molar-refractivity contribution in [2.45, 2.75) is 50.2 Å². The van der Waals surface area contributed by atoms with Crippen molar-refractivity contribution in [2.24, 2.45) is 0 Å². The van der Waals surface area contributed by atoms with Crippen LogP contribution in [0.1, 0.15) is 20.3 Å². The zero-order valence-electron chi connectivity index (χ0n) is 9.83. The van der Waals surface area contributed by atoms with Crippen molar-refractivity contribution < 1.29 is 61.9 Å². The number of carbonyl (C=O) groups is 1. The maximum Gasteiger partial charge on any atom is 0.191 e. The van der Waals surface area contributed by atoms with Crippen molar-refractivity contribution in [1.82, 2.24) is 0 Å². The van der Waals surface area contributed by atoms with E-state index in [4.69, 9.17) is 19.3 Å². The van der Waals surface area contributed by atoms with Gasteiger partial charge < -0.3 is 29.2 Å². The number of hydrogen-bond donors (Lipinski definition) is 2. The van der Waals surface area contributed by atoms with E-state index in [2.05, 4.69) is 0 Å². The van der Waals surface area contributed by atoms with Gasteiger partial charge in [0.2, 0.25) is 0 Å². The monoisotopic (exact) mass is 321 g/mol. The molecule has 0 aliphatic carbocycles. The number of rotatable bonds is 3. The quantitative estimate of drug-likeness (QED) is 0.660. The van der Waals surface area contributed by atoms with Gasteiger partial charge in [-0.1, -0.05) is 0 Å². The van der Waals surface area contributed by atoms with Crippen LogP contribution in [-0.4, -0.2) is 53.0 Å². The molecule has 2 saturated heterocycles. The first-order chi connectivity index (χ1) is 7.44. The van der Waals surface area contributed by atoms with Crippen molar-refractivity contribution in [3.05, 3.63) is 0 Å². The fraction of sp³-hybridized carbons (Fsp3) is 0.900. The minimum atomic E-state index is -1.42. The van der Waals surface area contributed by atoms with E-state index in [9.17, 15) is 9.90 Å². The average Bonchev–Trinajstić information content (AvgIpc) is 2.62. The second-order valence-electron chi connectivity index (χ2n) is 4.58. The smallest absolute Gasteiger partial charge is 0.191 e. The van der Waals surface area contributed by atoms with Gasteiger partial charge in [0.25, 0.3) is 0 Å². The van der Waals surface area contributed by atoms with Gasteiger partial charge >= 0.3 is 0 Å². The standard InChI is InChI=1S/C10H16O6.Y/c1-9(2)14-6-7(13)10(5-12,3-4-11)16-8(6)15-9;/h5-8,11,13H,3-4H2,1-2H3;/t6?,7-,8-,10+;/m1./s1. The fourth-order valence-electron chi connectivity index (χ4n) is 2.16. The van der Waals surface area contributed by atoms with E-state index in [0.29, 0.717) is 6.29 Å². The first-order valence-corrected chi connectivity index (χ1v) is 5.23. The summed E-state index contributed by atoms with van der Waals surface area (Å²) in [6, 6.07) is 0. The van der Waals surface area contributed by atoms with Gasteiger partial charge in [0.15, 0.2) is 24.0 Å². The molecule has 1 unspecified atom stereocenters. The Labute approximate surface area is 124 Å². The van der Waals surface area contributed by atoms with Gasteiger partial charge in [-0.15, -0.1) is 0 Å². The van der Waals surface area contributed by atoms with Crippen LogP contribution in [0.3, 0.4) is 0 Å². The molecule has 17 heavy (non-hydrogen) atoms. The number of aliphatic hydroxyl groups excluding tert-OH is 2. The molecule has 6 nitrogen and oxygen atoms in total. The molecule has 2 aliphatic rings. The second kappa shape index (κ2) is 5.29. The van der Waals surface area contributed by atoms with Crippen LogP contribution in [-0.2, 0) is 51.7 Å². The summed E-state index contributed by atoms with van der Waals surface area (Å²) >= 11 is 0. The van der Waals surface area contributed by atoms with Crippen molar-refractivity contribution in [2.75, 3.05) is 6.61 Å². The third-order valence-electron chi connectivity index (χ3n) is 2.94. The van der Waals surface area contributed by atoms with E-state index < -0.39 is 29.9 Å². The molecule has 4 atom stereocenters. The SMILES string of the molecule is CC1(C)OC2[C@H](O1)O[C@](C=O)(CCO)[C@@H]2O.[Y]. The Balaban J connectivity index is 0.00000144. The normalized spacial score (nSPS) is 42.9. The predicted molar refractivity (Wildman–Crippen MR) is 51.4 cm³/mol. The van der Waals surface area contributed by atoms with E-state index in [0.717, 1.165) is 0 Å². The summed E-state index contributed by atoms with van der Waals surface area (Å²) in [5.74, 6) is -0.829. The Morgan fingerprint density at radius 2 is 1.94 bits per heavy atom. The molecule has 2 rings (SSSR count). The molecule has 95 valence electrons. The van der Waals surface area contributed by atoms with Crippen LogP contribution in [0.5, 0.6) is 0 Å². The number of aldehydes is 1. The molecule has 0 saturated carbocycles. The van der Waals surface area contributed by atoms with E-state index in [-0.39, 0.29) is 45.7 Å². The molecule has 2 fully saturated rings. The zero-order chi connectivity index (χ0) is 12.0. The molecule has 0 aromatic heterocycles. The fourth-order valence-corrected chi connectivity index (χ4v) is 2.16. The molecule has 2 aliphatic heterocycles. The van der Waals surface area contributed by atoms with Crippen LogP contribution in [0.25, 0.3) is 0 Å². The first kappa shape index (κ1) is 15.6. The van der Waals surface area contributed by atoms with Crippen LogP contribution in [0.2, 0.25) is 0 Å². The second-order valence-corrected chi connectivity index (χ2v) is 4.58. The van der Waals surface area contributed by atoms with E-state index in [1.54, 1.807) is 13.8 Å². The number of fused-ring (bicyclic) bond motifs is 1. The van der Waals surface area contributed by atoms with Crippen LogP contribution in [0.4, 0.5) is 0 Å². The van der Waals surface area contributed by atoms with Crippen LogP contribution >= 0.6 is 0 Å². The average molecular weight is 321 g/mol. The van der Waals surface area contributed by atoms with E-state index >= 15 is 0 Å². The Morgan fingerprint density at radius 3 is 2.41 bits per heavy atom. The van der Waals surface area contributed by atoms with Crippen molar-refractivity contribution in [3.63, 3.8) is 0 Å². The predicted octanol–water partition coefficient (Wildman–Crippen LogP) is -0.827. The van der Waals surface area contributed by atoms with Gasteiger partial charge in [-0.25, -0.2) is 0 Å². The Hall–Kier alpha value is 0.574. The molecule has 1 radical (unpaired) electrons. The van der Waals surface area contributed by atoms with Crippen LogP contribution < -0.4 is 0 Å². The Bertz CT molecular complexity index is 297. The van der Waals surface area contributed by atoms with E-state index in [1.807, 2.05) is 0 Å². The molecule has 7 heteroatoms. The summed E-state index contributed by atoms with van der Waals surface area (Å²) in [6.45, 7) is 3.16. The molecule has 2 heterocycles. The summed E-state index contributed by atoms with van der Waals surface area (Å²) in [4.78, 5) is 11.0. The van der Waals surface area contributed by atoms with Gasteiger partial charge in [0.1, 0.15) is 12.2 Å². The van der Waals surface area contributed by atoms with Gasteiger partial charge in [-0.3, -0.25) is 0 Å². The summed E-state index contributed by atoms with van der Waals surface area (Å²) < 4.78 is 16.2. The third kappa shape index (κ3) is 2.63. The van der Waals surface area contributed by atoms with Crippen molar-refractivity contribution in [1.29, 1.82) is 0 Å². The van der Waals surface area contributed by atoms with Gasteiger partial charge in [-0.2, -0.15) is 0 Å². The molecule has 0 spiro atoms. The summed E-state index contributed by atoms with van der Waals surface area (Å²) in [5, 5.41) is 18.9. The summed E-state index contributed by atoms with van der Waals surface area (Å²) in [5.41, 5.74) is -1.42. The minimum absolute atomic E-state index is 0. The van der Waals surface area contributed by atoms with Gasteiger partial charge in [-0.05, 0) is 13.8 Å². The van der Waals surface area contributed by atoms with E-state index in [1.165, 1.54) is 0 Å².